The Kier molecular flexibility index (Phi) is 5.91. The van der Waals surface area contributed by atoms with Crippen LogP contribution in [0, 0.1) is 0 Å². The zero-order chi connectivity index (χ0) is 23.7. The van der Waals surface area contributed by atoms with Crippen molar-refractivity contribution in [2.45, 2.75) is 17.9 Å². The van der Waals surface area contributed by atoms with Crippen LogP contribution in [0.5, 0.6) is 0 Å². The number of carbonyl (C=O) groups is 1. The van der Waals surface area contributed by atoms with Crippen LogP contribution in [0.2, 0.25) is 5.02 Å². The van der Waals surface area contributed by atoms with E-state index < -0.39 is 15.9 Å². The van der Waals surface area contributed by atoms with Gasteiger partial charge >= 0.3 is 0 Å². The summed E-state index contributed by atoms with van der Waals surface area (Å²) in [5.41, 5.74) is 2.75. The average molecular weight is 494 g/mol. The van der Waals surface area contributed by atoms with Crippen LogP contribution >= 0.6 is 11.6 Å². The molecule has 0 radical (unpaired) electrons. The normalized spacial score (nSPS) is 13.9. The second-order valence-corrected chi connectivity index (χ2v) is 10.1. The van der Waals surface area contributed by atoms with Crippen LogP contribution in [0.4, 0.5) is 5.69 Å². The summed E-state index contributed by atoms with van der Waals surface area (Å²) in [5.74, 6) is 0.136. The van der Waals surface area contributed by atoms with Crippen molar-refractivity contribution in [3.05, 3.63) is 101 Å². The van der Waals surface area contributed by atoms with Gasteiger partial charge in [-0.25, -0.2) is 18.1 Å². The molecule has 0 unspecified atom stereocenters. The first-order valence-electron chi connectivity index (χ1n) is 10.6. The molecule has 2 aromatic carbocycles. The zero-order valence-corrected chi connectivity index (χ0v) is 19.5. The fourth-order valence-corrected chi connectivity index (χ4v) is 5.78. The number of rotatable bonds is 5. The van der Waals surface area contributed by atoms with Crippen molar-refractivity contribution in [2.24, 2.45) is 0 Å². The van der Waals surface area contributed by atoms with Crippen molar-refractivity contribution in [3.8, 4) is 5.82 Å². The van der Waals surface area contributed by atoms with Crippen LogP contribution in [0.1, 0.15) is 21.5 Å². The minimum atomic E-state index is -3.90. The Morgan fingerprint density at radius 2 is 1.85 bits per heavy atom. The molecular weight excluding hydrogens is 474 g/mol. The average Bonchev–Trinajstić information content (AvgIpc) is 3.39. The second-order valence-electron chi connectivity index (χ2n) is 7.81. The highest BCUT2D eigenvalue weighted by Crippen LogP contribution is 2.30. The number of nitrogens with one attached hydrogen (secondary N) is 1. The molecule has 0 atom stereocenters. The Balaban J connectivity index is 1.36. The summed E-state index contributed by atoms with van der Waals surface area (Å²) < 4.78 is 29.8. The van der Waals surface area contributed by atoms with E-state index in [2.05, 4.69) is 15.4 Å². The topological polar surface area (TPSA) is 97.2 Å². The molecule has 1 aliphatic heterocycles. The monoisotopic (exact) mass is 493 g/mol. The molecule has 5 rings (SSSR count). The summed E-state index contributed by atoms with van der Waals surface area (Å²) in [6, 6.07) is 17.2. The van der Waals surface area contributed by atoms with E-state index in [0.29, 0.717) is 24.5 Å². The Labute approximate surface area is 201 Å². The quantitative estimate of drug-likeness (QED) is 0.454. The van der Waals surface area contributed by atoms with Crippen LogP contribution in [-0.2, 0) is 23.0 Å². The fourth-order valence-electron chi connectivity index (χ4n) is 3.86. The lowest BCUT2D eigenvalue weighted by Crippen LogP contribution is -2.36. The van der Waals surface area contributed by atoms with Gasteiger partial charge in [0.2, 0.25) is 10.0 Å². The molecule has 172 valence electrons. The summed E-state index contributed by atoms with van der Waals surface area (Å²) in [5, 5.41) is 6.92. The number of pyridine rings is 1. The maximum Gasteiger partial charge on any atom is 0.255 e. The highest BCUT2D eigenvalue weighted by atomic mass is 35.5. The molecule has 0 aliphatic carbocycles. The Morgan fingerprint density at radius 3 is 2.59 bits per heavy atom. The maximum atomic E-state index is 13.4. The highest BCUT2D eigenvalue weighted by molar-refractivity contribution is 7.89. The van der Waals surface area contributed by atoms with Gasteiger partial charge in [-0.3, -0.25) is 4.79 Å². The van der Waals surface area contributed by atoms with Gasteiger partial charge in [-0.2, -0.15) is 9.40 Å². The smallest absolute Gasteiger partial charge is 0.255 e. The van der Waals surface area contributed by atoms with Gasteiger partial charge < -0.3 is 5.32 Å². The van der Waals surface area contributed by atoms with Crippen LogP contribution in [-0.4, -0.2) is 39.9 Å². The lowest BCUT2D eigenvalue weighted by atomic mass is 10.0. The molecule has 0 fully saturated rings. The van der Waals surface area contributed by atoms with Crippen LogP contribution < -0.4 is 5.32 Å². The van der Waals surface area contributed by atoms with Crippen LogP contribution in [0.25, 0.3) is 5.82 Å². The van der Waals surface area contributed by atoms with Gasteiger partial charge in [0.05, 0.1) is 16.9 Å². The van der Waals surface area contributed by atoms with Gasteiger partial charge in [0.1, 0.15) is 4.90 Å². The molecule has 10 heteroatoms. The molecule has 2 aromatic heterocycles. The lowest BCUT2D eigenvalue weighted by Gasteiger charge is -2.28. The first-order chi connectivity index (χ1) is 16.4. The molecule has 34 heavy (non-hydrogen) atoms. The van der Waals surface area contributed by atoms with Crippen molar-refractivity contribution >= 4 is 33.2 Å². The fraction of sp³-hybridized carbons (Fsp3) is 0.125. The number of halogens is 1. The van der Waals surface area contributed by atoms with E-state index in [4.69, 9.17) is 11.6 Å². The van der Waals surface area contributed by atoms with Crippen molar-refractivity contribution in [1.82, 2.24) is 19.1 Å². The number of amides is 1. The molecule has 4 aromatic rings. The standard InChI is InChI=1S/C24H20ClN5O3S/c25-21-8-6-18(24(31)28-20-7-9-23(26-15-20)30-12-3-11-27-30)14-22(21)34(32,33)29-13-10-17-4-1-2-5-19(17)16-29/h1-9,11-12,14-15H,10,13,16H2,(H,28,31). The van der Waals surface area contributed by atoms with E-state index in [1.165, 1.54) is 28.7 Å². The minimum Gasteiger partial charge on any atom is -0.321 e. The first kappa shape index (κ1) is 22.3. The molecule has 0 saturated heterocycles. The number of hydrogen-bond donors (Lipinski definition) is 1. The summed E-state index contributed by atoms with van der Waals surface area (Å²) in [6.07, 6.45) is 5.53. The maximum absolute atomic E-state index is 13.4. The number of aromatic nitrogens is 3. The van der Waals surface area contributed by atoms with Gasteiger partial charge in [-0.05, 0) is 53.9 Å². The van der Waals surface area contributed by atoms with Crippen LogP contribution in [0.15, 0.2) is 84.1 Å². The molecular formula is C24H20ClN5O3S. The van der Waals surface area contributed by atoms with E-state index in [1.54, 1.807) is 35.3 Å². The van der Waals surface area contributed by atoms with E-state index in [9.17, 15) is 13.2 Å². The molecule has 8 nitrogen and oxygen atoms in total. The predicted octanol–water partition coefficient (Wildman–Crippen LogP) is 3.92. The predicted molar refractivity (Wildman–Crippen MR) is 129 cm³/mol. The minimum absolute atomic E-state index is 0.0700. The highest BCUT2D eigenvalue weighted by Gasteiger charge is 2.30. The third kappa shape index (κ3) is 4.33. The molecule has 0 spiro atoms. The van der Waals surface area contributed by atoms with E-state index in [0.717, 1.165) is 11.1 Å². The first-order valence-corrected chi connectivity index (χ1v) is 12.4. The molecule has 3 heterocycles. The molecule has 1 N–H and O–H groups in total. The summed E-state index contributed by atoms with van der Waals surface area (Å²) >= 11 is 6.28. The second kappa shape index (κ2) is 9.02. The molecule has 1 aliphatic rings. The number of fused-ring (bicyclic) bond motifs is 1. The number of benzene rings is 2. The Hall–Kier alpha value is -3.53. The summed E-state index contributed by atoms with van der Waals surface area (Å²) in [7, 11) is -3.90. The van der Waals surface area contributed by atoms with Crippen molar-refractivity contribution in [1.29, 1.82) is 0 Å². The third-order valence-corrected chi connectivity index (χ3v) is 7.98. The van der Waals surface area contributed by atoms with E-state index >= 15 is 0 Å². The number of hydrogen-bond acceptors (Lipinski definition) is 5. The van der Waals surface area contributed by atoms with Crippen LogP contribution in [0.3, 0.4) is 0 Å². The van der Waals surface area contributed by atoms with Gasteiger partial charge in [-0.15, -0.1) is 0 Å². The summed E-state index contributed by atoms with van der Waals surface area (Å²) in [4.78, 5) is 17.0. The Bertz CT molecular complexity index is 1450. The van der Waals surface area contributed by atoms with Gasteiger partial charge in [0.15, 0.2) is 5.82 Å². The SMILES string of the molecule is O=C(Nc1ccc(-n2cccn2)nc1)c1ccc(Cl)c(S(=O)(=O)N2CCc3ccccc3C2)c1. The largest absolute Gasteiger partial charge is 0.321 e. The van der Waals surface area contributed by atoms with Gasteiger partial charge in [0.25, 0.3) is 5.91 Å². The zero-order valence-electron chi connectivity index (χ0n) is 17.9. The number of anilines is 1. The van der Waals surface area contributed by atoms with Gasteiger partial charge in [-0.1, -0.05) is 35.9 Å². The lowest BCUT2D eigenvalue weighted by molar-refractivity contribution is 0.102. The van der Waals surface area contributed by atoms with Crippen molar-refractivity contribution in [3.63, 3.8) is 0 Å². The summed E-state index contributed by atoms with van der Waals surface area (Å²) in [6.45, 7) is 0.611. The molecule has 0 bridgehead atoms. The van der Waals surface area contributed by atoms with E-state index in [-0.39, 0.29) is 22.0 Å². The number of carbonyl (C=O) groups excluding carboxylic acids is 1. The van der Waals surface area contributed by atoms with Crippen molar-refractivity contribution in [2.75, 3.05) is 11.9 Å². The van der Waals surface area contributed by atoms with Crippen molar-refractivity contribution < 1.29 is 13.2 Å². The molecule has 0 saturated carbocycles. The number of sulfonamides is 1. The van der Waals surface area contributed by atoms with Gasteiger partial charge in [0, 0.05) is 31.0 Å². The Morgan fingerprint density at radius 1 is 1.03 bits per heavy atom. The number of nitrogens with zero attached hydrogens (tertiary/aromatic N) is 4. The third-order valence-electron chi connectivity index (χ3n) is 5.65. The van der Waals surface area contributed by atoms with E-state index in [1.807, 2.05) is 24.3 Å². The molecule has 1 amide bonds.